The first-order valence-corrected chi connectivity index (χ1v) is 7.72. The first kappa shape index (κ1) is 13.4. The van der Waals surface area contributed by atoms with E-state index in [0.717, 1.165) is 42.9 Å². The summed E-state index contributed by atoms with van der Waals surface area (Å²) in [4.78, 5) is 2.41. The Morgan fingerprint density at radius 3 is 2.84 bits per heavy atom. The second kappa shape index (κ2) is 4.76. The number of nitrogens with two attached hydrogens (primary N) is 1. The number of likely N-dealkylation sites (tertiary alicyclic amines) is 1. The molecule has 2 N–H and O–H groups in total. The van der Waals surface area contributed by atoms with Gasteiger partial charge in [-0.1, -0.05) is 29.8 Å². The zero-order valence-electron chi connectivity index (χ0n) is 11.6. The van der Waals surface area contributed by atoms with Gasteiger partial charge in [-0.05, 0) is 23.6 Å². The minimum Gasteiger partial charge on any atom is -0.493 e. The van der Waals surface area contributed by atoms with Crippen LogP contribution in [0.15, 0.2) is 16.6 Å². The van der Waals surface area contributed by atoms with E-state index in [0.29, 0.717) is 5.92 Å². The zero-order valence-corrected chi connectivity index (χ0v) is 13.2. The molecule has 0 atom stereocenters. The highest BCUT2D eigenvalue weighted by molar-refractivity contribution is 9.10. The van der Waals surface area contributed by atoms with Gasteiger partial charge in [-0.15, -0.1) is 0 Å². The topological polar surface area (TPSA) is 38.5 Å². The largest absolute Gasteiger partial charge is 0.493 e. The monoisotopic (exact) mass is 324 g/mol. The van der Waals surface area contributed by atoms with Gasteiger partial charge in [0.1, 0.15) is 5.75 Å². The fraction of sp³-hybridized carbons (Fsp3) is 0.600. The number of nitrogens with zero attached hydrogens (tertiary/aromatic N) is 1. The molecule has 2 heterocycles. The Labute approximate surface area is 123 Å². The molecule has 1 fully saturated rings. The molecule has 4 heteroatoms. The molecular weight excluding hydrogens is 304 g/mol. The van der Waals surface area contributed by atoms with Crippen LogP contribution in [-0.4, -0.2) is 30.1 Å². The van der Waals surface area contributed by atoms with Gasteiger partial charge in [0.05, 0.1) is 6.61 Å². The molecule has 104 valence electrons. The highest BCUT2D eigenvalue weighted by atomic mass is 79.9. The van der Waals surface area contributed by atoms with Gasteiger partial charge in [0, 0.05) is 41.6 Å². The summed E-state index contributed by atoms with van der Waals surface area (Å²) in [6.07, 6.45) is 1.02. The Balaban J connectivity index is 1.72. The van der Waals surface area contributed by atoms with Gasteiger partial charge in [0.2, 0.25) is 0 Å². The number of benzene rings is 1. The van der Waals surface area contributed by atoms with Crippen LogP contribution in [0.25, 0.3) is 0 Å². The third-order valence-electron chi connectivity index (χ3n) is 4.41. The van der Waals surface area contributed by atoms with E-state index in [1.165, 1.54) is 11.1 Å². The lowest BCUT2D eigenvalue weighted by Crippen LogP contribution is -2.69. The van der Waals surface area contributed by atoms with E-state index in [2.05, 4.69) is 46.8 Å². The molecule has 0 saturated carbocycles. The van der Waals surface area contributed by atoms with Gasteiger partial charge in [-0.3, -0.25) is 4.90 Å². The lowest BCUT2D eigenvalue weighted by Gasteiger charge is -2.50. The van der Waals surface area contributed by atoms with Crippen molar-refractivity contribution in [1.82, 2.24) is 4.90 Å². The SMILES string of the molecule is CC(C)C1(N)CN(Cc2cc(Br)cc3c2OCC3)C1. The lowest BCUT2D eigenvalue weighted by atomic mass is 9.80. The first-order chi connectivity index (χ1) is 8.98. The predicted octanol–water partition coefficient (Wildman–Crippen LogP) is 2.55. The molecule has 0 bridgehead atoms. The van der Waals surface area contributed by atoms with Crippen molar-refractivity contribution in [1.29, 1.82) is 0 Å². The minimum atomic E-state index is -0.00393. The maximum Gasteiger partial charge on any atom is 0.127 e. The molecule has 2 aliphatic heterocycles. The summed E-state index contributed by atoms with van der Waals surface area (Å²) in [6, 6.07) is 4.35. The average Bonchev–Trinajstić information content (AvgIpc) is 2.74. The molecule has 3 nitrogen and oxygen atoms in total. The van der Waals surface area contributed by atoms with Crippen molar-refractivity contribution < 1.29 is 4.74 Å². The number of halogens is 1. The Hall–Kier alpha value is -0.580. The smallest absolute Gasteiger partial charge is 0.127 e. The summed E-state index contributed by atoms with van der Waals surface area (Å²) in [5.74, 6) is 1.63. The van der Waals surface area contributed by atoms with Crippen LogP contribution < -0.4 is 10.5 Å². The summed E-state index contributed by atoms with van der Waals surface area (Å²) in [6.45, 7) is 8.12. The van der Waals surface area contributed by atoms with E-state index in [1.54, 1.807) is 0 Å². The van der Waals surface area contributed by atoms with E-state index in [1.807, 2.05) is 0 Å². The molecule has 0 radical (unpaired) electrons. The van der Waals surface area contributed by atoms with E-state index < -0.39 is 0 Å². The second-order valence-corrected chi connectivity index (χ2v) is 7.10. The van der Waals surface area contributed by atoms with E-state index in [-0.39, 0.29) is 5.54 Å². The van der Waals surface area contributed by atoms with Crippen LogP contribution in [-0.2, 0) is 13.0 Å². The summed E-state index contributed by atoms with van der Waals surface area (Å²) in [5.41, 5.74) is 8.96. The Kier molecular flexibility index (Phi) is 3.36. The second-order valence-electron chi connectivity index (χ2n) is 6.18. The van der Waals surface area contributed by atoms with E-state index in [4.69, 9.17) is 10.5 Å². The van der Waals surface area contributed by atoms with Gasteiger partial charge in [-0.25, -0.2) is 0 Å². The third kappa shape index (κ3) is 2.41. The Morgan fingerprint density at radius 1 is 1.42 bits per heavy atom. The van der Waals surface area contributed by atoms with E-state index >= 15 is 0 Å². The molecular formula is C15H21BrN2O. The molecule has 0 unspecified atom stereocenters. The van der Waals surface area contributed by atoms with Gasteiger partial charge in [0.25, 0.3) is 0 Å². The molecule has 1 saturated heterocycles. The standard InChI is InChI=1S/C15H21BrN2O/c1-10(2)15(17)8-18(9-15)7-12-6-13(16)5-11-3-4-19-14(11)12/h5-6,10H,3-4,7-9,17H2,1-2H3. The molecule has 0 spiro atoms. The van der Waals surface area contributed by atoms with Gasteiger partial charge in [-0.2, -0.15) is 0 Å². The van der Waals surface area contributed by atoms with Crippen LogP contribution in [0.5, 0.6) is 5.75 Å². The number of ether oxygens (including phenoxy) is 1. The van der Waals surface area contributed by atoms with Crippen molar-refractivity contribution in [2.45, 2.75) is 32.4 Å². The number of hydrogen-bond acceptors (Lipinski definition) is 3. The quantitative estimate of drug-likeness (QED) is 0.928. The Morgan fingerprint density at radius 2 is 2.16 bits per heavy atom. The summed E-state index contributed by atoms with van der Waals surface area (Å²) >= 11 is 3.59. The normalized spacial score (nSPS) is 21.1. The van der Waals surface area contributed by atoms with Crippen LogP contribution in [0.4, 0.5) is 0 Å². The van der Waals surface area contributed by atoms with Crippen LogP contribution in [0.1, 0.15) is 25.0 Å². The summed E-state index contributed by atoms with van der Waals surface area (Å²) in [7, 11) is 0. The fourth-order valence-electron chi connectivity index (χ4n) is 2.97. The summed E-state index contributed by atoms with van der Waals surface area (Å²) in [5, 5.41) is 0. The molecule has 19 heavy (non-hydrogen) atoms. The van der Waals surface area contributed by atoms with Gasteiger partial charge < -0.3 is 10.5 Å². The molecule has 0 aliphatic carbocycles. The number of rotatable bonds is 3. The van der Waals surface area contributed by atoms with Crippen LogP contribution >= 0.6 is 15.9 Å². The van der Waals surface area contributed by atoms with Crippen molar-refractivity contribution in [2.75, 3.05) is 19.7 Å². The van der Waals surface area contributed by atoms with E-state index in [9.17, 15) is 0 Å². The van der Waals surface area contributed by atoms with Crippen LogP contribution in [0, 0.1) is 5.92 Å². The lowest BCUT2D eigenvalue weighted by molar-refractivity contribution is 0.0308. The van der Waals surface area contributed by atoms with Crippen molar-refractivity contribution in [3.63, 3.8) is 0 Å². The van der Waals surface area contributed by atoms with Gasteiger partial charge in [0.15, 0.2) is 0 Å². The minimum absolute atomic E-state index is 0.00393. The molecule has 1 aromatic rings. The van der Waals surface area contributed by atoms with Crippen molar-refractivity contribution >= 4 is 15.9 Å². The molecule has 2 aliphatic rings. The molecule has 0 amide bonds. The van der Waals surface area contributed by atoms with Crippen molar-refractivity contribution in [3.8, 4) is 5.75 Å². The zero-order chi connectivity index (χ0) is 13.6. The van der Waals surface area contributed by atoms with Crippen molar-refractivity contribution in [2.24, 2.45) is 11.7 Å². The summed E-state index contributed by atoms with van der Waals surface area (Å²) < 4.78 is 6.92. The highest BCUT2D eigenvalue weighted by Crippen LogP contribution is 2.35. The predicted molar refractivity (Wildman–Crippen MR) is 80.4 cm³/mol. The van der Waals surface area contributed by atoms with Crippen LogP contribution in [0.3, 0.4) is 0 Å². The average molecular weight is 325 g/mol. The van der Waals surface area contributed by atoms with Gasteiger partial charge >= 0.3 is 0 Å². The third-order valence-corrected chi connectivity index (χ3v) is 4.86. The van der Waals surface area contributed by atoms with Crippen molar-refractivity contribution in [3.05, 3.63) is 27.7 Å². The van der Waals surface area contributed by atoms with Crippen LogP contribution in [0.2, 0.25) is 0 Å². The number of fused-ring (bicyclic) bond motifs is 1. The fourth-order valence-corrected chi connectivity index (χ4v) is 3.52. The molecule has 0 aromatic heterocycles. The molecule has 1 aromatic carbocycles. The first-order valence-electron chi connectivity index (χ1n) is 6.93. The maximum atomic E-state index is 6.35. The maximum absolute atomic E-state index is 6.35. The number of hydrogen-bond donors (Lipinski definition) is 1. The highest BCUT2D eigenvalue weighted by Gasteiger charge is 2.41. The molecule has 3 rings (SSSR count). The Bertz CT molecular complexity index is 495.